The molecule has 7 heteroatoms. The molecular weight excluding hydrogens is 324 g/mol. The van der Waals surface area contributed by atoms with Crippen LogP contribution < -0.4 is 10.6 Å². The van der Waals surface area contributed by atoms with Gasteiger partial charge in [0, 0.05) is 0 Å². The second-order valence-corrected chi connectivity index (χ2v) is 8.30. The van der Waals surface area contributed by atoms with Gasteiger partial charge in [-0.3, -0.25) is 0 Å². The monoisotopic (exact) mass is 359 g/mol. The van der Waals surface area contributed by atoms with E-state index < -0.39 is 35.7 Å². The van der Waals surface area contributed by atoms with Crippen molar-refractivity contribution in [2.24, 2.45) is 5.41 Å². The highest BCUT2D eigenvalue weighted by molar-refractivity contribution is 5.80. The number of alkyl carbamates (subject to hydrolysis) is 1. The number of hydrogen-bond acceptors (Lipinski definition) is 4. The maximum atomic E-state index is 12.1. The summed E-state index contributed by atoms with van der Waals surface area (Å²) in [5, 5.41) is 24.0. The molecule has 0 radical (unpaired) electrons. The minimum Gasteiger partial charge on any atom is -0.480 e. The SMILES string of the molecule is CC(C)[NH2+]C(C)CCC(C)(C)C(NC(=O)OC1CCCC1O)C(=O)O. The largest absolute Gasteiger partial charge is 0.480 e. The lowest BCUT2D eigenvalue weighted by molar-refractivity contribution is -0.713. The fourth-order valence-corrected chi connectivity index (χ4v) is 3.42. The van der Waals surface area contributed by atoms with Crippen LogP contribution in [0.4, 0.5) is 4.79 Å². The molecule has 1 aliphatic rings. The molecule has 1 amide bonds. The predicted molar refractivity (Wildman–Crippen MR) is 94.2 cm³/mol. The number of carboxylic acids is 1. The molecular formula is C18H35N2O5+. The number of aliphatic carboxylic acids is 1. The van der Waals surface area contributed by atoms with Crippen molar-refractivity contribution in [3.8, 4) is 0 Å². The van der Waals surface area contributed by atoms with Gasteiger partial charge in [0.2, 0.25) is 0 Å². The average Bonchev–Trinajstić information content (AvgIpc) is 2.87. The van der Waals surface area contributed by atoms with Gasteiger partial charge in [0.05, 0.1) is 18.2 Å². The summed E-state index contributed by atoms with van der Waals surface area (Å²) < 4.78 is 5.21. The summed E-state index contributed by atoms with van der Waals surface area (Å²) in [6.07, 6.45) is 1.57. The molecule has 5 N–H and O–H groups in total. The fraction of sp³-hybridized carbons (Fsp3) is 0.889. The smallest absolute Gasteiger partial charge is 0.408 e. The van der Waals surface area contributed by atoms with Gasteiger partial charge in [0.15, 0.2) is 0 Å². The normalized spacial score (nSPS) is 23.3. The number of quaternary nitrogens is 1. The van der Waals surface area contributed by atoms with Crippen LogP contribution in [-0.4, -0.2) is 52.6 Å². The first-order valence-corrected chi connectivity index (χ1v) is 9.26. The molecule has 1 rings (SSSR count). The Labute approximate surface area is 150 Å². The molecule has 1 fully saturated rings. The number of nitrogens with two attached hydrogens (primary N) is 1. The predicted octanol–water partition coefficient (Wildman–Crippen LogP) is 1.25. The number of ether oxygens (including phenoxy) is 1. The second kappa shape index (κ2) is 9.38. The van der Waals surface area contributed by atoms with E-state index in [1.165, 1.54) is 0 Å². The second-order valence-electron chi connectivity index (χ2n) is 8.30. The summed E-state index contributed by atoms with van der Waals surface area (Å²) in [6.45, 7) is 10.1. The molecule has 0 aromatic heterocycles. The van der Waals surface area contributed by atoms with E-state index in [0.29, 0.717) is 31.3 Å². The highest BCUT2D eigenvalue weighted by Crippen LogP contribution is 2.28. The standard InChI is InChI=1S/C18H34N2O5/c1-11(2)19-12(3)9-10-18(4,5)15(16(22)23)20-17(24)25-14-8-6-7-13(14)21/h11-15,19,21H,6-10H2,1-5H3,(H,20,24)(H,22,23)/p+1. The van der Waals surface area contributed by atoms with E-state index in [0.717, 1.165) is 12.8 Å². The molecule has 146 valence electrons. The number of hydrogen-bond donors (Lipinski definition) is 4. The quantitative estimate of drug-likeness (QED) is 0.495. The molecule has 0 bridgehead atoms. The van der Waals surface area contributed by atoms with Crippen LogP contribution in [0.2, 0.25) is 0 Å². The third kappa shape index (κ3) is 7.20. The third-order valence-corrected chi connectivity index (χ3v) is 4.92. The van der Waals surface area contributed by atoms with E-state index in [1.807, 2.05) is 13.8 Å². The third-order valence-electron chi connectivity index (χ3n) is 4.92. The van der Waals surface area contributed by atoms with Crippen molar-refractivity contribution >= 4 is 12.1 Å². The Balaban J connectivity index is 2.60. The van der Waals surface area contributed by atoms with Crippen molar-refractivity contribution in [2.45, 2.75) is 97.1 Å². The van der Waals surface area contributed by atoms with Crippen molar-refractivity contribution in [3.05, 3.63) is 0 Å². The highest BCUT2D eigenvalue weighted by atomic mass is 16.6. The first-order chi connectivity index (χ1) is 11.5. The van der Waals surface area contributed by atoms with Gasteiger partial charge in [-0.1, -0.05) is 13.8 Å². The number of carbonyl (C=O) groups excluding carboxylic acids is 1. The van der Waals surface area contributed by atoms with Crippen LogP contribution in [0.3, 0.4) is 0 Å². The van der Waals surface area contributed by atoms with E-state index in [4.69, 9.17) is 4.74 Å². The summed E-state index contributed by atoms with van der Waals surface area (Å²) >= 11 is 0. The maximum Gasteiger partial charge on any atom is 0.408 e. The van der Waals surface area contributed by atoms with Crippen molar-refractivity contribution in [1.82, 2.24) is 5.32 Å². The van der Waals surface area contributed by atoms with E-state index in [9.17, 15) is 19.8 Å². The Bertz CT molecular complexity index is 453. The lowest BCUT2D eigenvalue weighted by Crippen LogP contribution is -2.93. The lowest BCUT2D eigenvalue weighted by Gasteiger charge is -2.32. The Kier molecular flexibility index (Phi) is 8.15. The summed E-state index contributed by atoms with van der Waals surface area (Å²) in [6, 6.07) is -0.168. The van der Waals surface area contributed by atoms with Gasteiger partial charge >= 0.3 is 12.1 Å². The van der Waals surface area contributed by atoms with Crippen molar-refractivity contribution in [3.63, 3.8) is 0 Å². The van der Waals surface area contributed by atoms with E-state index in [-0.39, 0.29) is 0 Å². The number of aliphatic hydroxyl groups is 1. The molecule has 1 saturated carbocycles. The fourth-order valence-electron chi connectivity index (χ4n) is 3.42. The van der Waals surface area contributed by atoms with Crippen LogP contribution in [0.25, 0.3) is 0 Å². The van der Waals surface area contributed by atoms with Gasteiger partial charge in [-0.15, -0.1) is 0 Å². The van der Waals surface area contributed by atoms with Gasteiger partial charge in [0.1, 0.15) is 12.1 Å². The maximum absolute atomic E-state index is 12.1. The van der Waals surface area contributed by atoms with Gasteiger partial charge in [-0.05, 0) is 58.3 Å². The Morgan fingerprint density at radius 2 is 1.92 bits per heavy atom. The van der Waals surface area contributed by atoms with Gasteiger partial charge in [0.25, 0.3) is 0 Å². The van der Waals surface area contributed by atoms with Crippen LogP contribution in [0.15, 0.2) is 0 Å². The van der Waals surface area contributed by atoms with Crippen LogP contribution in [0.5, 0.6) is 0 Å². The zero-order valence-electron chi connectivity index (χ0n) is 16.1. The molecule has 4 unspecified atom stereocenters. The lowest BCUT2D eigenvalue weighted by atomic mass is 9.79. The Hall–Kier alpha value is -1.34. The number of amides is 1. The number of carbonyl (C=O) groups is 2. The molecule has 0 aromatic rings. The van der Waals surface area contributed by atoms with E-state index in [2.05, 4.69) is 31.4 Å². The molecule has 25 heavy (non-hydrogen) atoms. The Morgan fingerprint density at radius 1 is 1.28 bits per heavy atom. The molecule has 0 aromatic carbocycles. The zero-order chi connectivity index (χ0) is 19.2. The van der Waals surface area contributed by atoms with Gasteiger partial charge < -0.3 is 25.6 Å². The zero-order valence-corrected chi connectivity index (χ0v) is 16.1. The first kappa shape index (κ1) is 21.7. The van der Waals surface area contributed by atoms with Gasteiger partial charge in [-0.25, -0.2) is 9.59 Å². The van der Waals surface area contributed by atoms with E-state index >= 15 is 0 Å². The summed E-state index contributed by atoms with van der Waals surface area (Å²) in [4.78, 5) is 23.8. The molecule has 4 atom stereocenters. The van der Waals surface area contributed by atoms with Crippen LogP contribution in [0.1, 0.15) is 66.7 Å². The van der Waals surface area contributed by atoms with Crippen LogP contribution >= 0.6 is 0 Å². The topological polar surface area (TPSA) is 112 Å². The molecule has 0 aliphatic heterocycles. The molecule has 0 heterocycles. The summed E-state index contributed by atoms with van der Waals surface area (Å²) in [5.74, 6) is -1.07. The highest BCUT2D eigenvalue weighted by Gasteiger charge is 2.38. The van der Waals surface area contributed by atoms with Crippen molar-refractivity contribution in [1.29, 1.82) is 0 Å². The molecule has 0 saturated heterocycles. The average molecular weight is 359 g/mol. The van der Waals surface area contributed by atoms with E-state index in [1.54, 1.807) is 0 Å². The number of carboxylic acid groups (broad SMARTS) is 1. The minimum absolute atomic E-state index is 0.384. The summed E-state index contributed by atoms with van der Waals surface area (Å²) in [7, 11) is 0. The molecule has 0 spiro atoms. The number of aliphatic hydroxyl groups excluding tert-OH is 1. The minimum atomic E-state index is -1.07. The van der Waals surface area contributed by atoms with Gasteiger partial charge in [-0.2, -0.15) is 0 Å². The first-order valence-electron chi connectivity index (χ1n) is 9.26. The van der Waals surface area contributed by atoms with Crippen LogP contribution in [0, 0.1) is 5.41 Å². The number of nitrogens with one attached hydrogen (secondary N) is 1. The molecule has 1 aliphatic carbocycles. The van der Waals surface area contributed by atoms with Crippen LogP contribution in [-0.2, 0) is 9.53 Å². The van der Waals surface area contributed by atoms with Crippen molar-refractivity contribution in [2.75, 3.05) is 0 Å². The molecule has 7 nitrogen and oxygen atoms in total. The van der Waals surface area contributed by atoms with Crippen molar-refractivity contribution < 1.29 is 29.9 Å². The summed E-state index contributed by atoms with van der Waals surface area (Å²) in [5.41, 5.74) is -0.613. The Morgan fingerprint density at radius 3 is 2.40 bits per heavy atom. The number of rotatable bonds is 9.